The van der Waals surface area contributed by atoms with Crippen LogP contribution in [0.4, 0.5) is 0 Å². The Hall–Kier alpha value is -0.240. The summed E-state index contributed by atoms with van der Waals surface area (Å²) in [6, 6.07) is 2.08. The molecule has 0 fully saturated rings. The van der Waals surface area contributed by atoms with Crippen LogP contribution < -0.4 is 0 Å². The predicted octanol–water partition coefficient (Wildman–Crippen LogP) is 3.81. The number of nitrogens with zero attached hydrogens (tertiary/aromatic N) is 2. The Labute approximate surface area is 97.4 Å². The minimum Gasteiger partial charge on any atom is -0.192 e. The van der Waals surface area contributed by atoms with Gasteiger partial charge in [0.25, 0.3) is 0 Å². The first kappa shape index (κ1) is 11.8. The highest BCUT2D eigenvalue weighted by atomic mass is 35.5. The third kappa shape index (κ3) is 2.88. The summed E-state index contributed by atoms with van der Waals surface area (Å²) in [5.41, 5.74) is 0.532. The number of aromatic nitrogens is 1. The molecule has 0 aliphatic heterocycles. The third-order valence-electron chi connectivity index (χ3n) is 1.93. The molecule has 2 nitrogen and oxygen atoms in total. The van der Waals surface area contributed by atoms with Gasteiger partial charge in [0, 0.05) is 5.75 Å². The van der Waals surface area contributed by atoms with E-state index in [1.54, 1.807) is 11.8 Å². The second-order valence-electron chi connectivity index (χ2n) is 3.07. The van der Waals surface area contributed by atoms with Crippen LogP contribution in [0.2, 0.25) is 5.15 Å². The van der Waals surface area contributed by atoms with Crippen molar-refractivity contribution in [1.82, 2.24) is 4.37 Å². The van der Waals surface area contributed by atoms with E-state index < -0.39 is 0 Å². The lowest BCUT2D eigenvalue weighted by Gasteiger charge is -2.05. The lowest BCUT2D eigenvalue weighted by molar-refractivity contribution is 0.637. The molecule has 5 heteroatoms. The fraction of sp³-hybridized carbons (Fsp3) is 0.556. The first-order valence-electron chi connectivity index (χ1n) is 4.37. The Morgan fingerprint density at radius 3 is 3.00 bits per heavy atom. The highest BCUT2D eigenvalue weighted by Crippen LogP contribution is 2.32. The quantitative estimate of drug-likeness (QED) is 0.758. The van der Waals surface area contributed by atoms with Gasteiger partial charge in [-0.1, -0.05) is 31.9 Å². The molecule has 14 heavy (non-hydrogen) atoms. The number of nitriles is 1. The van der Waals surface area contributed by atoms with Crippen LogP contribution >= 0.6 is 34.9 Å². The smallest absolute Gasteiger partial charge is 0.161 e. The molecule has 1 aromatic heterocycles. The molecule has 1 atom stereocenters. The van der Waals surface area contributed by atoms with Crippen LogP contribution in [0.3, 0.4) is 0 Å². The molecule has 0 aromatic carbocycles. The second-order valence-corrected chi connectivity index (χ2v) is 5.49. The minimum atomic E-state index is 0.337. The maximum Gasteiger partial charge on any atom is 0.161 e. The molecule has 1 heterocycles. The average Bonchev–Trinajstić information content (AvgIpc) is 2.55. The molecule has 0 amide bonds. The van der Waals surface area contributed by atoms with Gasteiger partial charge in [-0.2, -0.15) is 9.64 Å². The number of thioether (sulfide) groups is 1. The van der Waals surface area contributed by atoms with Crippen molar-refractivity contribution >= 4 is 34.9 Å². The van der Waals surface area contributed by atoms with E-state index in [9.17, 15) is 0 Å². The predicted molar refractivity (Wildman–Crippen MR) is 62.0 cm³/mol. The van der Waals surface area contributed by atoms with Crippen LogP contribution in [0.5, 0.6) is 0 Å². The second kappa shape index (κ2) is 5.59. The van der Waals surface area contributed by atoms with Crippen molar-refractivity contribution in [3.05, 3.63) is 10.7 Å². The van der Waals surface area contributed by atoms with E-state index in [1.807, 2.05) is 0 Å². The van der Waals surface area contributed by atoms with E-state index in [4.69, 9.17) is 16.9 Å². The maximum absolute atomic E-state index is 8.83. The zero-order chi connectivity index (χ0) is 10.6. The third-order valence-corrected chi connectivity index (χ3v) is 4.72. The van der Waals surface area contributed by atoms with Crippen molar-refractivity contribution in [2.75, 3.05) is 5.75 Å². The number of halogens is 1. The summed E-state index contributed by atoms with van der Waals surface area (Å²) in [5, 5.41) is 9.17. The van der Waals surface area contributed by atoms with Gasteiger partial charge in [0.15, 0.2) is 5.15 Å². The zero-order valence-electron chi connectivity index (χ0n) is 8.08. The van der Waals surface area contributed by atoms with E-state index in [-0.39, 0.29) is 0 Å². The summed E-state index contributed by atoms with van der Waals surface area (Å²) >= 11 is 8.74. The standard InChI is InChI=1S/C9H11ClN2S2/c1-3-6(2)5-13-9-7(4-11)8(10)12-14-9/h6H,3,5H2,1-2H3. The van der Waals surface area contributed by atoms with Gasteiger partial charge in [-0.15, -0.1) is 11.8 Å². The first-order chi connectivity index (χ1) is 6.69. The fourth-order valence-electron chi connectivity index (χ4n) is 0.783. The Morgan fingerprint density at radius 1 is 1.71 bits per heavy atom. The Balaban J connectivity index is 2.64. The van der Waals surface area contributed by atoms with E-state index in [2.05, 4.69) is 24.3 Å². The molecule has 0 saturated carbocycles. The number of hydrogen-bond donors (Lipinski definition) is 0. The normalized spacial score (nSPS) is 12.4. The first-order valence-corrected chi connectivity index (χ1v) is 6.50. The largest absolute Gasteiger partial charge is 0.192 e. The molecule has 0 saturated heterocycles. The zero-order valence-corrected chi connectivity index (χ0v) is 10.5. The fourth-order valence-corrected chi connectivity index (χ4v) is 3.11. The van der Waals surface area contributed by atoms with Gasteiger partial charge in [-0.3, -0.25) is 0 Å². The monoisotopic (exact) mass is 246 g/mol. The molecular weight excluding hydrogens is 236 g/mol. The van der Waals surface area contributed by atoms with Crippen molar-refractivity contribution in [2.24, 2.45) is 5.92 Å². The van der Waals surface area contributed by atoms with Gasteiger partial charge < -0.3 is 0 Å². The van der Waals surface area contributed by atoms with Gasteiger partial charge in [0.1, 0.15) is 15.8 Å². The summed E-state index contributed by atoms with van der Waals surface area (Å²) in [4.78, 5) is 0. The van der Waals surface area contributed by atoms with Crippen LogP contribution in [-0.2, 0) is 0 Å². The van der Waals surface area contributed by atoms with Crippen LogP contribution in [0.15, 0.2) is 4.21 Å². The number of rotatable bonds is 4. The average molecular weight is 247 g/mol. The molecule has 0 bridgehead atoms. The summed E-state index contributed by atoms with van der Waals surface area (Å²) in [5.74, 6) is 1.68. The molecule has 1 aromatic rings. The molecule has 0 spiro atoms. The van der Waals surface area contributed by atoms with Crippen molar-refractivity contribution in [2.45, 2.75) is 24.5 Å². The van der Waals surface area contributed by atoms with Crippen molar-refractivity contribution in [3.63, 3.8) is 0 Å². The summed E-state index contributed by atoms with van der Waals surface area (Å²) in [6.45, 7) is 4.36. The molecular formula is C9H11ClN2S2. The van der Waals surface area contributed by atoms with Crippen LogP contribution in [-0.4, -0.2) is 10.1 Å². The SMILES string of the molecule is CCC(C)CSc1snc(Cl)c1C#N. The van der Waals surface area contributed by atoms with Gasteiger partial charge in [0.2, 0.25) is 0 Å². The topological polar surface area (TPSA) is 36.7 Å². The van der Waals surface area contributed by atoms with E-state index in [0.717, 1.165) is 16.4 Å². The Morgan fingerprint density at radius 2 is 2.43 bits per heavy atom. The molecule has 0 radical (unpaired) electrons. The molecule has 0 aliphatic rings. The minimum absolute atomic E-state index is 0.337. The van der Waals surface area contributed by atoms with Gasteiger partial charge in [-0.25, -0.2) is 0 Å². The lowest BCUT2D eigenvalue weighted by atomic mass is 10.2. The Bertz CT molecular complexity index is 343. The number of hydrogen-bond acceptors (Lipinski definition) is 4. The van der Waals surface area contributed by atoms with Crippen molar-refractivity contribution < 1.29 is 0 Å². The maximum atomic E-state index is 8.83. The molecule has 0 N–H and O–H groups in total. The van der Waals surface area contributed by atoms with Gasteiger partial charge in [0.05, 0.1) is 0 Å². The molecule has 1 rings (SSSR count). The van der Waals surface area contributed by atoms with Crippen LogP contribution in [0, 0.1) is 17.2 Å². The Kier molecular flexibility index (Phi) is 4.73. The highest BCUT2D eigenvalue weighted by Gasteiger charge is 2.12. The van der Waals surface area contributed by atoms with Crippen molar-refractivity contribution in [1.29, 1.82) is 5.26 Å². The summed E-state index contributed by atoms with van der Waals surface area (Å²) in [7, 11) is 0. The lowest BCUT2D eigenvalue weighted by Crippen LogP contribution is -1.94. The van der Waals surface area contributed by atoms with Gasteiger partial charge in [-0.05, 0) is 17.5 Å². The van der Waals surface area contributed by atoms with Crippen molar-refractivity contribution in [3.8, 4) is 6.07 Å². The van der Waals surface area contributed by atoms with Crippen LogP contribution in [0.1, 0.15) is 25.8 Å². The summed E-state index contributed by atoms with van der Waals surface area (Å²) < 4.78 is 4.90. The van der Waals surface area contributed by atoms with E-state index >= 15 is 0 Å². The summed E-state index contributed by atoms with van der Waals surface area (Å²) in [6.07, 6.45) is 1.15. The molecule has 76 valence electrons. The highest BCUT2D eigenvalue weighted by molar-refractivity contribution is 8.01. The van der Waals surface area contributed by atoms with E-state index in [0.29, 0.717) is 16.6 Å². The molecule has 1 unspecified atom stereocenters. The van der Waals surface area contributed by atoms with E-state index in [1.165, 1.54) is 11.5 Å². The van der Waals surface area contributed by atoms with Crippen LogP contribution in [0.25, 0.3) is 0 Å². The van der Waals surface area contributed by atoms with Gasteiger partial charge >= 0.3 is 0 Å². The molecule has 0 aliphatic carbocycles.